The zero-order valence-corrected chi connectivity index (χ0v) is 12.2. The number of rotatable bonds is 4. The fourth-order valence-electron chi connectivity index (χ4n) is 1.84. The van der Waals surface area contributed by atoms with Gasteiger partial charge in [-0.2, -0.15) is 8.42 Å². The van der Waals surface area contributed by atoms with Gasteiger partial charge >= 0.3 is 5.97 Å². The maximum atomic E-state index is 12.3. The van der Waals surface area contributed by atoms with Gasteiger partial charge in [0, 0.05) is 11.4 Å². The second kappa shape index (κ2) is 5.13. The Hall–Kier alpha value is -2.48. The zero-order chi connectivity index (χ0) is 15.8. The molecular weight excluding hydrogens is 296 g/mol. The molecule has 2 rings (SSSR count). The molecule has 0 saturated carbocycles. The molecule has 21 heavy (non-hydrogen) atoms. The molecule has 7 nitrogen and oxygen atoms in total. The van der Waals surface area contributed by atoms with E-state index < -0.39 is 27.3 Å². The Balaban J connectivity index is 2.45. The summed E-state index contributed by atoms with van der Waals surface area (Å²) in [6, 6.07) is 6.58. The maximum Gasteiger partial charge on any atom is 0.339 e. The van der Waals surface area contributed by atoms with Crippen molar-refractivity contribution >= 4 is 16.0 Å². The normalized spacial score (nSPS) is 11.3. The molecule has 0 saturated heterocycles. The van der Waals surface area contributed by atoms with Crippen LogP contribution in [-0.4, -0.2) is 29.3 Å². The standard InChI is InChI=1S/C13H14N2O5S/c1-8-3-4-9(2)15(8)14-21(19,20)10-5-6-12(16)11(7-10)13(17)18/h3-7,14,16H,1-2H3,(H,17,18). The van der Waals surface area contributed by atoms with Gasteiger partial charge in [0.1, 0.15) is 11.3 Å². The molecule has 112 valence electrons. The highest BCUT2D eigenvalue weighted by atomic mass is 32.2. The topological polar surface area (TPSA) is 109 Å². The number of carboxylic acid groups (broad SMARTS) is 1. The first kappa shape index (κ1) is 14.9. The summed E-state index contributed by atoms with van der Waals surface area (Å²) in [4.78, 5) is 13.1. The van der Waals surface area contributed by atoms with Gasteiger partial charge in [0.05, 0.1) is 4.90 Å². The molecule has 0 radical (unpaired) electrons. The van der Waals surface area contributed by atoms with E-state index in [1.165, 1.54) is 4.68 Å². The van der Waals surface area contributed by atoms with Crippen LogP contribution in [0.4, 0.5) is 0 Å². The minimum Gasteiger partial charge on any atom is -0.507 e. The predicted octanol–water partition coefficient (Wildman–Crippen LogP) is 1.44. The van der Waals surface area contributed by atoms with Crippen molar-refractivity contribution in [1.82, 2.24) is 4.68 Å². The van der Waals surface area contributed by atoms with Gasteiger partial charge in [-0.25, -0.2) is 9.63 Å². The molecule has 2 aromatic rings. The van der Waals surface area contributed by atoms with E-state index in [4.69, 9.17) is 5.11 Å². The fourth-order valence-corrected chi connectivity index (χ4v) is 2.99. The second-order valence-corrected chi connectivity index (χ2v) is 6.19. The van der Waals surface area contributed by atoms with E-state index in [1.807, 2.05) is 0 Å². The fraction of sp³-hybridized carbons (Fsp3) is 0.154. The number of aromatic carboxylic acids is 1. The molecule has 1 heterocycles. The number of aromatic nitrogens is 1. The van der Waals surface area contributed by atoms with Crippen LogP contribution in [0.2, 0.25) is 0 Å². The Morgan fingerprint density at radius 1 is 1.14 bits per heavy atom. The Bertz CT molecular complexity index is 788. The van der Waals surface area contributed by atoms with E-state index in [2.05, 4.69) is 4.83 Å². The van der Waals surface area contributed by atoms with Gasteiger partial charge < -0.3 is 10.2 Å². The van der Waals surface area contributed by atoms with Crippen LogP contribution >= 0.6 is 0 Å². The summed E-state index contributed by atoms with van der Waals surface area (Å²) in [5, 5.41) is 18.3. The van der Waals surface area contributed by atoms with Crippen molar-refractivity contribution in [1.29, 1.82) is 0 Å². The van der Waals surface area contributed by atoms with E-state index >= 15 is 0 Å². The van der Waals surface area contributed by atoms with Crippen LogP contribution in [-0.2, 0) is 10.0 Å². The summed E-state index contributed by atoms with van der Waals surface area (Å²) in [5.74, 6) is -1.90. The van der Waals surface area contributed by atoms with Crippen LogP contribution in [0.5, 0.6) is 5.75 Å². The van der Waals surface area contributed by atoms with Crippen LogP contribution in [0.15, 0.2) is 35.2 Å². The number of carboxylic acids is 1. The molecule has 0 bridgehead atoms. The van der Waals surface area contributed by atoms with Crippen LogP contribution in [0.1, 0.15) is 21.7 Å². The third-order valence-electron chi connectivity index (χ3n) is 2.99. The molecule has 8 heteroatoms. The van der Waals surface area contributed by atoms with Gasteiger partial charge in [0.25, 0.3) is 10.0 Å². The maximum absolute atomic E-state index is 12.3. The Labute approximate surface area is 121 Å². The highest BCUT2D eigenvalue weighted by Crippen LogP contribution is 2.22. The quantitative estimate of drug-likeness (QED) is 0.792. The average molecular weight is 310 g/mol. The van der Waals surface area contributed by atoms with Gasteiger partial charge in [-0.1, -0.05) is 0 Å². The minimum atomic E-state index is -3.96. The molecular formula is C13H14N2O5S. The lowest BCUT2D eigenvalue weighted by Gasteiger charge is -2.13. The average Bonchev–Trinajstić information content (AvgIpc) is 2.70. The zero-order valence-electron chi connectivity index (χ0n) is 11.4. The third-order valence-corrected chi connectivity index (χ3v) is 4.29. The van der Waals surface area contributed by atoms with Crippen molar-refractivity contribution in [2.45, 2.75) is 18.7 Å². The molecule has 0 aliphatic carbocycles. The van der Waals surface area contributed by atoms with Crippen molar-refractivity contribution in [3.63, 3.8) is 0 Å². The lowest BCUT2D eigenvalue weighted by molar-refractivity contribution is 0.0693. The molecule has 1 aromatic heterocycles. The largest absolute Gasteiger partial charge is 0.507 e. The number of aryl methyl sites for hydroxylation is 2. The first-order valence-corrected chi connectivity index (χ1v) is 7.45. The van der Waals surface area contributed by atoms with Gasteiger partial charge in [-0.05, 0) is 44.2 Å². The van der Waals surface area contributed by atoms with Crippen LogP contribution < -0.4 is 4.83 Å². The number of nitrogens with one attached hydrogen (secondary N) is 1. The molecule has 0 unspecified atom stereocenters. The lowest BCUT2D eigenvalue weighted by Crippen LogP contribution is -2.25. The van der Waals surface area contributed by atoms with Gasteiger partial charge in [-0.3, -0.25) is 4.68 Å². The number of hydrogen-bond donors (Lipinski definition) is 3. The monoisotopic (exact) mass is 310 g/mol. The molecule has 0 fully saturated rings. The first-order chi connectivity index (χ1) is 9.72. The summed E-state index contributed by atoms with van der Waals surface area (Å²) >= 11 is 0. The number of carbonyl (C=O) groups is 1. The van der Waals surface area contributed by atoms with Crippen LogP contribution in [0, 0.1) is 13.8 Å². The highest BCUT2D eigenvalue weighted by Gasteiger charge is 2.20. The van der Waals surface area contributed by atoms with Crippen LogP contribution in [0.3, 0.4) is 0 Å². The molecule has 1 aromatic carbocycles. The number of hydrogen-bond acceptors (Lipinski definition) is 4. The summed E-state index contributed by atoms with van der Waals surface area (Å²) < 4.78 is 25.9. The highest BCUT2D eigenvalue weighted by molar-refractivity contribution is 7.92. The first-order valence-electron chi connectivity index (χ1n) is 5.96. The molecule has 0 spiro atoms. The lowest BCUT2D eigenvalue weighted by atomic mass is 10.2. The number of sulfonamides is 1. The van der Waals surface area contributed by atoms with E-state index in [1.54, 1.807) is 26.0 Å². The number of benzene rings is 1. The summed E-state index contributed by atoms with van der Waals surface area (Å²) in [7, 11) is -3.96. The van der Waals surface area contributed by atoms with Crippen molar-refractivity contribution < 1.29 is 23.4 Å². The van der Waals surface area contributed by atoms with Crippen LogP contribution in [0.25, 0.3) is 0 Å². The van der Waals surface area contributed by atoms with Crippen molar-refractivity contribution in [3.8, 4) is 5.75 Å². The summed E-state index contributed by atoms with van der Waals surface area (Å²) in [6.45, 7) is 3.46. The van der Waals surface area contributed by atoms with E-state index in [0.29, 0.717) is 11.4 Å². The minimum absolute atomic E-state index is 0.245. The Kier molecular flexibility index (Phi) is 3.65. The summed E-state index contributed by atoms with van der Waals surface area (Å²) in [6.07, 6.45) is 0. The van der Waals surface area contributed by atoms with E-state index in [0.717, 1.165) is 18.2 Å². The molecule has 0 atom stereocenters. The molecule has 0 aliphatic rings. The third kappa shape index (κ3) is 2.84. The Morgan fingerprint density at radius 3 is 2.24 bits per heavy atom. The molecule has 3 N–H and O–H groups in total. The molecule has 0 aliphatic heterocycles. The van der Waals surface area contributed by atoms with E-state index in [-0.39, 0.29) is 4.90 Å². The van der Waals surface area contributed by atoms with E-state index in [9.17, 15) is 18.3 Å². The van der Waals surface area contributed by atoms with Gasteiger partial charge in [0.2, 0.25) is 0 Å². The van der Waals surface area contributed by atoms with Gasteiger partial charge in [-0.15, -0.1) is 0 Å². The number of aromatic hydroxyl groups is 1. The molecule has 0 amide bonds. The van der Waals surface area contributed by atoms with Crippen molar-refractivity contribution in [2.24, 2.45) is 0 Å². The smallest absolute Gasteiger partial charge is 0.339 e. The number of phenols is 1. The Morgan fingerprint density at radius 2 is 1.71 bits per heavy atom. The second-order valence-electron chi connectivity index (χ2n) is 4.53. The predicted molar refractivity (Wildman–Crippen MR) is 75.5 cm³/mol. The van der Waals surface area contributed by atoms with Gasteiger partial charge in [0.15, 0.2) is 0 Å². The SMILES string of the molecule is Cc1ccc(C)n1NS(=O)(=O)c1ccc(O)c(C(=O)O)c1. The summed E-state index contributed by atoms with van der Waals surface area (Å²) in [5.41, 5.74) is 0.903. The van der Waals surface area contributed by atoms with Crippen molar-refractivity contribution in [3.05, 3.63) is 47.3 Å². The van der Waals surface area contributed by atoms with Crippen molar-refractivity contribution in [2.75, 3.05) is 4.83 Å². The number of nitrogens with zero attached hydrogens (tertiary/aromatic N) is 1.